The molecule has 30 heavy (non-hydrogen) atoms. The number of rotatable bonds is 6. The van der Waals surface area contributed by atoms with Crippen molar-refractivity contribution in [3.8, 4) is 17.2 Å². The molecule has 0 radical (unpaired) electrons. The van der Waals surface area contributed by atoms with Gasteiger partial charge in [0, 0.05) is 12.6 Å². The van der Waals surface area contributed by atoms with Crippen molar-refractivity contribution < 1.29 is 0 Å². The zero-order valence-corrected chi connectivity index (χ0v) is 17.9. The lowest BCUT2D eigenvalue weighted by atomic mass is 9.88. The lowest BCUT2D eigenvalue weighted by molar-refractivity contribution is 0.333. The summed E-state index contributed by atoms with van der Waals surface area (Å²) in [6.45, 7) is 3.11. The molecule has 0 bridgehead atoms. The van der Waals surface area contributed by atoms with Crippen molar-refractivity contribution in [2.24, 2.45) is 13.0 Å². The zero-order chi connectivity index (χ0) is 20.9. The van der Waals surface area contributed by atoms with E-state index in [0.29, 0.717) is 5.56 Å². The maximum absolute atomic E-state index is 9.72. The molecule has 0 spiro atoms. The van der Waals surface area contributed by atoms with E-state index < -0.39 is 0 Å². The molecule has 1 fully saturated rings. The first kappa shape index (κ1) is 20.4. The third-order valence-corrected chi connectivity index (χ3v) is 6.42. The van der Waals surface area contributed by atoms with Crippen molar-refractivity contribution in [2.45, 2.75) is 45.1 Å². The van der Waals surface area contributed by atoms with E-state index in [0.717, 1.165) is 29.3 Å². The molecular weight excluding hydrogens is 368 g/mol. The lowest BCUT2D eigenvalue weighted by Crippen LogP contribution is -2.30. The van der Waals surface area contributed by atoms with Crippen LogP contribution in [-0.2, 0) is 7.05 Å². The van der Waals surface area contributed by atoms with Crippen LogP contribution in [0.3, 0.4) is 0 Å². The molecule has 0 aliphatic heterocycles. The summed E-state index contributed by atoms with van der Waals surface area (Å²) in [7, 11) is 2.05. The van der Waals surface area contributed by atoms with Gasteiger partial charge in [-0.2, -0.15) is 5.26 Å². The highest BCUT2D eigenvalue weighted by Crippen LogP contribution is 2.32. The topological polar surface area (TPSA) is 53.6 Å². The van der Waals surface area contributed by atoms with Gasteiger partial charge >= 0.3 is 0 Å². The molecule has 1 N–H and O–H groups in total. The molecule has 1 heterocycles. The van der Waals surface area contributed by atoms with E-state index in [1.54, 1.807) is 0 Å². The Morgan fingerprint density at radius 1 is 1.13 bits per heavy atom. The number of aryl methyl sites for hydroxylation is 2. The summed E-state index contributed by atoms with van der Waals surface area (Å²) in [5.41, 5.74) is 6.33. The Balaban J connectivity index is 1.71. The van der Waals surface area contributed by atoms with Gasteiger partial charge in [0.1, 0.15) is 0 Å². The number of aromatic nitrogens is 2. The molecule has 1 aliphatic rings. The number of benzene rings is 2. The minimum Gasteiger partial charge on any atom is -0.336 e. The van der Waals surface area contributed by atoms with Crippen molar-refractivity contribution in [3.05, 3.63) is 77.4 Å². The summed E-state index contributed by atoms with van der Waals surface area (Å²) in [6, 6.07) is 16.9. The normalized spacial score (nSPS) is 15.6. The second-order valence-electron chi connectivity index (χ2n) is 8.51. The Hall–Kier alpha value is -2.90. The number of nitriles is 1. The van der Waals surface area contributed by atoms with Crippen LogP contribution in [0.2, 0.25) is 0 Å². The van der Waals surface area contributed by atoms with E-state index in [1.165, 1.54) is 43.2 Å². The van der Waals surface area contributed by atoms with Gasteiger partial charge in [0.25, 0.3) is 0 Å². The van der Waals surface area contributed by atoms with Crippen molar-refractivity contribution in [2.75, 3.05) is 6.54 Å². The molecule has 1 atom stereocenters. The maximum atomic E-state index is 9.72. The number of nitrogens with one attached hydrogen (secondary N) is 1. The van der Waals surface area contributed by atoms with E-state index in [4.69, 9.17) is 0 Å². The highest BCUT2D eigenvalue weighted by molar-refractivity contribution is 5.74. The fourth-order valence-corrected chi connectivity index (χ4v) is 4.65. The number of nitrogens with zero attached hydrogens (tertiary/aromatic N) is 3. The van der Waals surface area contributed by atoms with Crippen LogP contribution in [0, 0.1) is 24.2 Å². The van der Waals surface area contributed by atoms with Gasteiger partial charge in [0.15, 0.2) is 0 Å². The fraction of sp³-hybridized carbons (Fsp3) is 0.385. The second kappa shape index (κ2) is 9.28. The second-order valence-corrected chi connectivity index (χ2v) is 8.51. The Morgan fingerprint density at radius 2 is 1.93 bits per heavy atom. The predicted octanol–water partition coefficient (Wildman–Crippen LogP) is 5.53. The van der Waals surface area contributed by atoms with E-state index in [2.05, 4.69) is 52.1 Å². The molecule has 4 rings (SSSR count). The van der Waals surface area contributed by atoms with Gasteiger partial charge in [0.2, 0.25) is 0 Å². The van der Waals surface area contributed by atoms with Crippen molar-refractivity contribution in [1.82, 2.24) is 14.9 Å². The largest absolute Gasteiger partial charge is 0.336 e. The molecule has 0 saturated heterocycles. The van der Waals surface area contributed by atoms with E-state index >= 15 is 0 Å². The highest BCUT2D eigenvalue weighted by Gasteiger charge is 2.21. The number of imidazole rings is 1. The quantitative estimate of drug-likeness (QED) is 0.594. The third kappa shape index (κ3) is 4.32. The molecule has 4 heteroatoms. The molecule has 1 saturated carbocycles. The minimum atomic E-state index is 0.0509. The Kier molecular flexibility index (Phi) is 6.30. The van der Waals surface area contributed by atoms with Crippen LogP contribution in [0.25, 0.3) is 11.1 Å². The van der Waals surface area contributed by atoms with Crippen molar-refractivity contribution >= 4 is 0 Å². The van der Waals surface area contributed by atoms with Crippen LogP contribution in [0.5, 0.6) is 0 Å². The molecule has 2 aromatic carbocycles. The average molecular weight is 399 g/mol. The van der Waals surface area contributed by atoms with Crippen molar-refractivity contribution in [3.63, 3.8) is 0 Å². The molecular formula is C26H30N4. The fourth-order valence-electron chi connectivity index (χ4n) is 4.65. The Labute approximate surface area is 179 Å². The molecule has 3 aromatic rings. The SMILES string of the molecule is Cc1ccccc1-c1cc(C(NCC2CCCCC2)c2cncn2C)ccc1C#N. The van der Waals surface area contributed by atoms with Crippen LogP contribution in [-0.4, -0.2) is 16.1 Å². The van der Waals surface area contributed by atoms with E-state index in [-0.39, 0.29) is 6.04 Å². The highest BCUT2D eigenvalue weighted by atomic mass is 15.1. The average Bonchev–Trinajstić information content (AvgIpc) is 3.20. The van der Waals surface area contributed by atoms with Gasteiger partial charge in [0.05, 0.1) is 35.9 Å². The summed E-state index contributed by atoms with van der Waals surface area (Å²) >= 11 is 0. The Bertz CT molecular complexity index is 1040. The number of hydrogen-bond acceptors (Lipinski definition) is 3. The van der Waals surface area contributed by atoms with Gasteiger partial charge in [-0.15, -0.1) is 0 Å². The molecule has 1 aromatic heterocycles. The van der Waals surface area contributed by atoms with E-state index in [9.17, 15) is 5.26 Å². The van der Waals surface area contributed by atoms with Crippen LogP contribution < -0.4 is 5.32 Å². The van der Waals surface area contributed by atoms with Gasteiger partial charge in [-0.1, -0.05) is 49.6 Å². The monoisotopic (exact) mass is 398 g/mol. The van der Waals surface area contributed by atoms with Crippen LogP contribution in [0.4, 0.5) is 0 Å². The summed E-state index contributed by atoms with van der Waals surface area (Å²) in [5.74, 6) is 0.740. The first-order valence-electron chi connectivity index (χ1n) is 11.0. The lowest BCUT2D eigenvalue weighted by Gasteiger charge is -2.26. The molecule has 1 unspecified atom stereocenters. The van der Waals surface area contributed by atoms with Crippen LogP contribution in [0.15, 0.2) is 55.0 Å². The van der Waals surface area contributed by atoms with Gasteiger partial charge in [-0.05, 0) is 61.1 Å². The molecule has 4 nitrogen and oxygen atoms in total. The Morgan fingerprint density at radius 3 is 2.63 bits per heavy atom. The summed E-state index contributed by atoms with van der Waals surface area (Å²) in [5, 5.41) is 13.6. The van der Waals surface area contributed by atoms with E-state index in [1.807, 2.05) is 37.8 Å². The van der Waals surface area contributed by atoms with Gasteiger partial charge in [-0.25, -0.2) is 4.98 Å². The maximum Gasteiger partial charge on any atom is 0.0998 e. The number of hydrogen-bond donors (Lipinski definition) is 1. The third-order valence-electron chi connectivity index (χ3n) is 6.42. The predicted molar refractivity (Wildman–Crippen MR) is 121 cm³/mol. The smallest absolute Gasteiger partial charge is 0.0998 e. The summed E-state index contributed by atoms with van der Waals surface area (Å²) < 4.78 is 2.09. The van der Waals surface area contributed by atoms with Gasteiger partial charge in [-0.3, -0.25) is 0 Å². The first-order chi connectivity index (χ1) is 14.7. The van der Waals surface area contributed by atoms with Gasteiger partial charge < -0.3 is 9.88 Å². The summed E-state index contributed by atoms with van der Waals surface area (Å²) in [6.07, 6.45) is 10.5. The zero-order valence-electron chi connectivity index (χ0n) is 17.9. The summed E-state index contributed by atoms with van der Waals surface area (Å²) in [4.78, 5) is 4.36. The molecule has 0 amide bonds. The molecule has 1 aliphatic carbocycles. The van der Waals surface area contributed by atoms with Crippen molar-refractivity contribution in [1.29, 1.82) is 5.26 Å². The first-order valence-corrected chi connectivity index (χ1v) is 11.0. The standard InChI is InChI=1S/C26H30N4/c1-19-8-6-7-11-23(19)24-14-21(12-13-22(24)15-27)26(25-17-28-18-30(25)2)29-16-20-9-4-3-5-10-20/h6-8,11-14,17-18,20,26,29H,3-5,9-10,16H2,1-2H3. The molecule has 154 valence electrons. The minimum absolute atomic E-state index is 0.0509. The van der Waals surface area contributed by atoms with Crippen LogP contribution >= 0.6 is 0 Å². The van der Waals surface area contributed by atoms with Crippen LogP contribution in [0.1, 0.15) is 60.5 Å².